The number of rotatable bonds is 4. The molecule has 4 rings (SSSR count). The van der Waals surface area contributed by atoms with Gasteiger partial charge in [-0.1, -0.05) is 0 Å². The van der Waals surface area contributed by atoms with Gasteiger partial charge in [0.25, 0.3) is 0 Å². The number of carbonyl (C=O) groups is 1. The fraction of sp³-hybridized carbons (Fsp3) is 0.500. The van der Waals surface area contributed by atoms with E-state index < -0.39 is 0 Å². The lowest BCUT2D eigenvalue weighted by molar-refractivity contribution is -0.131. The molecule has 2 fully saturated rings. The summed E-state index contributed by atoms with van der Waals surface area (Å²) in [6.07, 6.45) is 7.44. The standard InChI is InChI=1S/C16H19N5O2/c22-14(19-8-1-2-9-19)11-20-16(23)21(13-5-6-13)15(18-20)12-4-3-7-17-10-12/h3-4,7,10,13H,1-2,5-6,8-9,11H2. The molecule has 0 unspecified atom stereocenters. The van der Waals surface area contributed by atoms with Gasteiger partial charge in [-0.05, 0) is 37.8 Å². The number of aromatic nitrogens is 4. The van der Waals surface area contributed by atoms with E-state index in [0.717, 1.165) is 44.3 Å². The minimum atomic E-state index is -0.195. The molecule has 1 saturated carbocycles. The van der Waals surface area contributed by atoms with Crippen molar-refractivity contribution in [2.24, 2.45) is 0 Å². The molecule has 0 radical (unpaired) electrons. The predicted octanol–water partition coefficient (Wildman–Crippen LogP) is 1.06. The second-order valence-electron chi connectivity index (χ2n) is 6.19. The maximum atomic E-state index is 12.7. The summed E-state index contributed by atoms with van der Waals surface area (Å²) in [7, 11) is 0. The van der Waals surface area contributed by atoms with E-state index in [9.17, 15) is 9.59 Å². The number of hydrogen-bond acceptors (Lipinski definition) is 4. The molecule has 0 N–H and O–H groups in total. The van der Waals surface area contributed by atoms with Gasteiger partial charge in [-0.15, -0.1) is 5.10 Å². The van der Waals surface area contributed by atoms with Crippen molar-refractivity contribution >= 4 is 5.91 Å². The lowest BCUT2D eigenvalue weighted by Crippen LogP contribution is -2.35. The van der Waals surface area contributed by atoms with Gasteiger partial charge in [0.2, 0.25) is 5.91 Å². The average molecular weight is 313 g/mol. The number of nitrogens with zero attached hydrogens (tertiary/aromatic N) is 5. The summed E-state index contributed by atoms with van der Waals surface area (Å²) in [5.74, 6) is 0.586. The molecule has 2 aromatic rings. The Labute approximate surface area is 133 Å². The van der Waals surface area contributed by atoms with E-state index in [4.69, 9.17) is 0 Å². The van der Waals surface area contributed by atoms with Gasteiger partial charge in [-0.25, -0.2) is 9.48 Å². The lowest BCUT2D eigenvalue weighted by Gasteiger charge is -2.14. The van der Waals surface area contributed by atoms with Crippen LogP contribution >= 0.6 is 0 Å². The predicted molar refractivity (Wildman–Crippen MR) is 83.8 cm³/mol. The summed E-state index contributed by atoms with van der Waals surface area (Å²) in [4.78, 5) is 30.9. The fourth-order valence-electron chi connectivity index (χ4n) is 3.07. The van der Waals surface area contributed by atoms with Crippen LogP contribution in [0.1, 0.15) is 31.7 Å². The van der Waals surface area contributed by atoms with Crippen LogP contribution in [0.25, 0.3) is 11.4 Å². The largest absolute Gasteiger partial charge is 0.346 e. The zero-order valence-electron chi connectivity index (χ0n) is 12.9. The smallest absolute Gasteiger partial charge is 0.341 e. The zero-order valence-corrected chi connectivity index (χ0v) is 12.9. The first-order chi connectivity index (χ1) is 11.2. The number of carbonyl (C=O) groups excluding carboxylic acids is 1. The van der Waals surface area contributed by atoms with E-state index in [1.54, 1.807) is 17.0 Å². The van der Waals surface area contributed by atoms with Crippen molar-refractivity contribution in [3.63, 3.8) is 0 Å². The highest BCUT2D eigenvalue weighted by Gasteiger charge is 2.31. The molecule has 0 atom stereocenters. The van der Waals surface area contributed by atoms with Gasteiger partial charge in [-0.3, -0.25) is 14.3 Å². The Morgan fingerprint density at radius 3 is 2.70 bits per heavy atom. The molecule has 2 aliphatic rings. The maximum Gasteiger partial charge on any atom is 0.346 e. The molecule has 1 aliphatic carbocycles. The Balaban J connectivity index is 1.68. The van der Waals surface area contributed by atoms with Gasteiger partial charge in [0, 0.05) is 37.1 Å². The number of likely N-dealkylation sites (tertiary alicyclic amines) is 1. The van der Waals surface area contributed by atoms with Crippen LogP contribution in [0, 0.1) is 0 Å². The molecule has 7 nitrogen and oxygen atoms in total. The summed E-state index contributed by atoms with van der Waals surface area (Å²) in [5.41, 5.74) is 0.614. The molecule has 3 heterocycles. The molecule has 23 heavy (non-hydrogen) atoms. The second kappa shape index (κ2) is 5.64. The molecule has 2 aromatic heterocycles. The van der Waals surface area contributed by atoms with E-state index in [1.165, 1.54) is 4.68 Å². The van der Waals surface area contributed by atoms with Crippen LogP contribution in [0.15, 0.2) is 29.3 Å². The first-order valence-electron chi connectivity index (χ1n) is 8.11. The summed E-state index contributed by atoms with van der Waals surface area (Å²) >= 11 is 0. The van der Waals surface area contributed by atoms with Crippen molar-refractivity contribution in [3.05, 3.63) is 35.0 Å². The Bertz CT molecular complexity index is 770. The summed E-state index contributed by atoms with van der Waals surface area (Å²) in [6.45, 7) is 1.59. The maximum absolute atomic E-state index is 12.7. The zero-order chi connectivity index (χ0) is 15.8. The third kappa shape index (κ3) is 2.67. The highest BCUT2D eigenvalue weighted by Crippen LogP contribution is 2.36. The van der Waals surface area contributed by atoms with E-state index in [0.29, 0.717) is 5.82 Å². The Kier molecular flexibility index (Phi) is 3.48. The van der Waals surface area contributed by atoms with Gasteiger partial charge in [0.1, 0.15) is 6.54 Å². The molecule has 0 spiro atoms. The van der Waals surface area contributed by atoms with Crippen LogP contribution in [0.5, 0.6) is 0 Å². The molecular weight excluding hydrogens is 294 g/mol. The van der Waals surface area contributed by atoms with Gasteiger partial charge in [-0.2, -0.15) is 0 Å². The fourth-order valence-corrected chi connectivity index (χ4v) is 3.07. The van der Waals surface area contributed by atoms with Crippen molar-refractivity contribution in [2.75, 3.05) is 13.1 Å². The SMILES string of the molecule is O=C(Cn1nc(-c2cccnc2)n(C2CC2)c1=O)N1CCCC1. The van der Waals surface area contributed by atoms with Crippen molar-refractivity contribution < 1.29 is 4.79 Å². The number of amides is 1. The molecule has 1 amide bonds. The van der Waals surface area contributed by atoms with E-state index in [1.807, 2.05) is 17.0 Å². The monoisotopic (exact) mass is 313 g/mol. The quantitative estimate of drug-likeness (QED) is 0.846. The molecular formula is C16H19N5O2. The van der Waals surface area contributed by atoms with Gasteiger partial charge in [0.05, 0.1) is 0 Å². The van der Waals surface area contributed by atoms with Gasteiger partial charge >= 0.3 is 5.69 Å². The normalized spacial score (nSPS) is 17.7. The first kappa shape index (κ1) is 14.2. The second-order valence-corrected chi connectivity index (χ2v) is 6.19. The van der Waals surface area contributed by atoms with Crippen molar-refractivity contribution in [3.8, 4) is 11.4 Å². The van der Waals surface area contributed by atoms with E-state index in [2.05, 4.69) is 10.1 Å². The summed E-state index contributed by atoms with van der Waals surface area (Å²) < 4.78 is 3.02. The third-order valence-corrected chi connectivity index (χ3v) is 4.45. The van der Waals surface area contributed by atoms with E-state index in [-0.39, 0.29) is 24.2 Å². The van der Waals surface area contributed by atoms with Crippen molar-refractivity contribution in [2.45, 2.75) is 38.3 Å². The van der Waals surface area contributed by atoms with Crippen LogP contribution < -0.4 is 5.69 Å². The Morgan fingerprint density at radius 1 is 1.26 bits per heavy atom. The molecule has 0 bridgehead atoms. The third-order valence-electron chi connectivity index (χ3n) is 4.45. The number of pyridine rings is 1. The molecule has 1 aliphatic heterocycles. The minimum Gasteiger partial charge on any atom is -0.341 e. The van der Waals surface area contributed by atoms with Gasteiger partial charge < -0.3 is 4.90 Å². The summed E-state index contributed by atoms with van der Waals surface area (Å²) in [5, 5.41) is 4.43. The first-order valence-corrected chi connectivity index (χ1v) is 8.11. The number of hydrogen-bond donors (Lipinski definition) is 0. The van der Waals surface area contributed by atoms with E-state index >= 15 is 0 Å². The lowest BCUT2D eigenvalue weighted by atomic mass is 10.3. The molecule has 0 aromatic carbocycles. The van der Waals surface area contributed by atoms with Gasteiger partial charge in [0.15, 0.2) is 5.82 Å². The van der Waals surface area contributed by atoms with Crippen LogP contribution in [0.4, 0.5) is 0 Å². The van der Waals surface area contributed by atoms with Crippen molar-refractivity contribution in [1.82, 2.24) is 24.2 Å². The van der Waals surface area contributed by atoms with Crippen LogP contribution in [0.2, 0.25) is 0 Å². The molecule has 1 saturated heterocycles. The minimum absolute atomic E-state index is 0.0197. The highest BCUT2D eigenvalue weighted by molar-refractivity contribution is 5.76. The summed E-state index contributed by atoms with van der Waals surface area (Å²) in [6, 6.07) is 3.92. The highest BCUT2D eigenvalue weighted by atomic mass is 16.2. The average Bonchev–Trinajstić information content (AvgIpc) is 3.14. The molecule has 7 heteroatoms. The topological polar surface area (TPSA) is 73.0 Å². The van der Waals surface area contributed by atoms with Crippen LogP contribution in [-0.4, -0.2) is 43.2 Å². The van der Waals surface area contributed by atoms with Crippen LogP contribution in [-0.2, 0) is 11.3 Å². The Morgan fingerprint density at radius 2 is 2.04 bits per heavy atom. The Hall–Kier alpha value is -2.44. The van der Waals surface area contributed by atoms with Crippen molar-refractivity contribution in [1.29, 1.82) is 0 Å². The molecule has 120 valence electrons. The van der Waals surface area contributed by atoms with Crippen LogP contribution in [0.3, 0.4) is 0 Å².